The summed E-state index contributed by atoms with van der Waals surface area (Å²) in [4.78, 5) is 24.6. The van der Waals surface area contributed by atoms with Gasteiger partial charge in [0.25, 0.3) is 11.5 Å². The third-order valence-electron chi connectivity index (χ3n) is 4.97. The van der Waals surface area contributed by atoms with Crippen molar-refractivity contribution in [1.29, 1.82) is 0 Å². The molecule has 0 saturated heterocycles. The van der Waals surface area contributed by atoms with E-state index in [1.54, 1.807) is 31.2 Å². The van der Waals surface area contributed by atoms with Crippen LogP contribution in [0.2, 0.25) is 0 Å². The van der Waals surface area contributed by atoms with Gasteiger partial charge in [-0.25, -0.2) is 0 Å². The van der Waals surface area contributed by atoms with Crippen molar-refractivity contribution in [3.63, 3.8) is 0 Å². The quantitative estimate of drug-likeness (QED) is 0.523. The number of nitrogens with two attached hydrogens (primary N) is 1. The second-order valence-corrected chi connectivity index (χ2v) is 7.08. The van der Waals surface area contributed by atoms with Crippen LogP contribution in [-0.4, -0.2) is 10.5 Å². The number of para-hydroxylation sites is 1. The second-order valence-electron chi connectivity index (χ2n) is 7.08. The minimum atomic E-state index is -0.534. The van der Waals surface area contributed by atoms with Crippen molar-refractivity contribution in [2.75, 3.05) is 0 Å². The van der Waals surface area contributed by atoms with Crippen molar-refractivity contribution in [1.82, 2.24) is 4.57 Å². The van der Waals surface area contributed by atoms with Gasteiger partial charge in [-0.15, -0.1) is 0 Å². The van der Waals surface area contributed by atoms with Crippen LogP contribution in [-0.2, 0) is 6.42 Å². The number of pyridine rings is 1. The molecule has 1 aromatic heterocycles. The van der Waals surface area contributed by atoms with E-state index in [0.717, 1.165) is 0 Å². The zero-order valence-electron chi connectivity index (χ0n) is 17.3. The average molecular weight is 399 g/mol. The van der Waals surface area contributed by atoms with E-state index in [2.05, 4.69) is 37.3 Å². The number of nitrogens with zero attached hydrogens (tertiary/aromatic N) is 1. The minimum Gasteiger partial charge on any atom is -0.366 e. The van der Waals surface area contributed by atoms with E-state index in [0.29, 0.717) is 27.7 Å². The molecular formula is C26H26N2O2. The number of amides is 1. The summed E-state index contributed by atoms with van der Waals surface area (Å²) in [5, 5.41) is 1.08. The van der Waals surface area contributed by atoms with Gasteiger partial charge >= 0.3 is 0 Å². The summed E-state index contributed by atoms with van der Waals surface area (Å²) in [6.07, 6.45) is 2.45. The zero-order chi connectivity index (χ0) is 21.5. The topological polar surface area (TPSA) is 65.1 Å². The number of rotatable bonds is 4. The number of hydrogen-bond donors (Lipinski definition) is 1. The van der Waals surface area contributed by atoms with E-state index in [-0.39, 0.29) is 5.56 Å². The predicted molar refractivity (Wildman–Crippen MR) is 123 cm³/mol. The maximum absolute atomic E-state index is 12.7. The van der Waals surface area contributed by atoms with Gasteiger partial charge in [-0.3, -0.25) is 14.2 Å². The van der Waals surface area contributed by atoms with E-state index < -0.39 is 5.91 Å². The Bertz CT molecular complexity index is 1200. The van der Waals surface area contributed by atoms with E-state index in [9.17, 15) is 9.59 Å². The van der Waals surface area contributed by atoms with Gasteiger partial charge in [0.2, 0.25) is 0 Å². The molecule has 4 heteroatoms. The first kappa shape index (κ1) is 21.1. The first-order chi connectivity index (χ1) is 14.5. The summed E-state index contributed by atoms with van der Waals surface area (Å²) in [6.45, 7) is 3.94. The Morgan fingerprint density at radius 1 is 0.833 bits per heavy atom. The molecule has 0 aliphatic heterocycles. The molecule has 3 aromatic carbocycles. The van der Waals surface area contributed by atoms with Crippen LogP contribution < -0.4 is 11.3 Å². The van der Waals surface area contributed by atoms with Gasteiger partial charge in [0.15, 0.2) is 0 Å². The molecule has 4 aromatic rings. The highest BCUT2D eigenvalue weighted by atomic mass is 16.1. The fraction of sp³-hybridized carbons (Fsp3) is 0.154. The number of benzene rings is 3. The molecule has 2 N–H and O–H groups in total. The molecule has 0 unspecified atom stereocenters. The summed E-state index contributed by atoms with van der Waals surface area (Å²) < 4.78 is 1.53. The lowest BCUT2D eigenvalue weighted by atomic mass is 10.0. The Kier molecular flexibility index (Phi) is 6.81. The van der Waals surface area contributed by atoms with Gasteiger partial charge in [0.1, 0.15) is 0 Å². The van der Waals surface area contributed by atoms with Crippen LogP contribution in [0.3, 0.4) is 0 Å². The SMILES string of the molecule is CCCc1ccccc1.Cc1c(C(N)=O)c2ccccc2c(=O)n1-c1ccccc1. The lowest BCUT2D eigenvalue weighted by Gasteiger charge is -2.15. The third kappa shape index (κ3) is 4.49. The molecule has 0 atom stereocenters. The molecular weight excluding hydrogens is 372 g/mol. The van der Waals surface area contributed by atoms with Crippen molar-refractivity contribution >= 4 is 16.7 Å². The number of aryl methyl sites for hydroxylation is 1. The molecule has 152 valence electrons. The van der Waals surface area contributed by atoms with Gasteiger partial charge < -0.3 is 5.73 Å². The third-order valence-corrected chi connectivity index (χ3v) is 4.97. The Balaban J connectivity index is 0.000000239. The predicted octanol–water partition coefficient (Wildman–Crippen LogP) is 5.04. The smallest absolute Gasteiger partial charge is 0.263 e. The van der Waals surface area contributed by atoms with Gasteiger partial charge in [-0.2, -0.15) is 0 Å². The van der Waals surface area contributed by atoms with Crippen LogP contribution in [0.4, 0.5) is 0 Å². The van der Waals surface area contributed by atoms with Crippen LogP contribution in [0, 0.1) is 6.92 Å². The monoisotopic (exact) mass is 398 g/mol. The summed E-state index contributed by atoms with van der Waals surface area (Å²) in [6, 6.07) is 26.8. The highest BCUT2D eigenvalue weighted by Gasteiger charge is 2.17. The molecule has 0 saturated carbocycles. The Morgan fingerprint density at radius 3 is 1.93 bits per heavy atom. The molecule has 1 amide bonds. The Labute approximate surface area is 176 Å². The molecule has 0 radical (unpaired) electrons. The Hall–Kier alpha value is -3.66. The summed E-state index contributed by atoms with van der Waals surface area (Å²) in [7, 11) is 0. The number of carbonyl (C=O) groups excluding carboxylic acids is 1. The highest BCUT2D eigenvalue weighted by Crippen LogP contribution is 2.21. The Morgan fingerprint density at radius 2 is 1.37 bits per heavy atom. The molecule has 4 nitrogen and oxygen atoms in total. The number of fused-ring (bicyclic) bond motifs is 1. The van der Waals surface area contributed by atoms with Gasteiger partial charge in [-0.1, -0.05) is 80.1 Å². The zero-order valence-corrected chi connectivity index (χ0v) is 17.3. The molecule has 4 rings (SSSR count). The summed E-state index contributed by atoms with van der Waals surface area (Å²) >= 11 is 0. The van der Waals surface area contributed by atoms with Gasteiger partial charge in [0.05, 0.1) is 5.56 Å². The molecule has 0 spiro atoms. The van der Waals surface area contributed by atoms with E-state index in [1.807, 2.05) is 30.3 Å². The highest BCUT2D eigenvalue weighted by molar-refractivity contribution is 6.07. The molecule has 30 heavy (non-hydrogen) atoms. The van der Waals surface area contributed by atoms with Crippen molar-refractivity contribution in [3.05, 3.63) is 112 Å². The largest absolute Gasteiger partial charge is 0.366 e. The number of aromatic nitrogens is 1. The molecule has 0 aliphatic carbocycles. The van der Waals surface area contributed by atoms with Crippen LogP contribution in [0.1, 0.15) is 35.0 Å². The van der Waals surface area contributed by atoms with Gasteiger partial charge in [0, 0.05) is 22.2 Å². The van der Waals surface area contributed by atoms with Crippen molar-refractivity contribution in [2.45, 2.75) is 26.7 Å². The summed E-state index contributed by atoms with van der Waals surface area (Å²) in [5.74, 6) is -0.534. The van der Waals surface area contributed by atoms with E-state index >= 15 is 0 Å². The van der Waals surface area contributed by atoms with Crippen LogP contribution in [0.5, 0.6) is 0 Å². The number of carbonyl (C=O) groups is 1. The molecule has 0 aliphatic rings. The van der Waals surface area contributed by atoms with E-state index in [1.165, 1.54) is 23.0 Å². The normalized spacial score (nSPS) is 10.3. The fourth-order valence-electron chi connectivity index (χ4n) is 3.60. The lowest BCUT2D eigenvalue weighted by Crippen LogP contribution is -2.26. The van der Waals surface area contributed by atoms with Crippen LogP contribution in [0.25, 0.3) is 16.5 Å². The van der Waals surface area contributed by atoms with Gasteiger partial charge in [-0.05, 0) is 37.1 Å². The van der Waals surface area contributed by atoms with E-state index in [4.69, 9.17) is 5.73 Å². The average Bonchev–Trinajstić information content (AvgIpc) is 2.76. The molecule has 0 bridgehead atoms. The second kappa shape index (κ2) is 9.70. The summed E-state index contributed by atoms with van der Waals surface area (Å²) in [5.41, 5.74) is 8.47. The lowest BCUT2D eigenvalue weighted by molar-refractivity contribution is 0.100. The van der Waals surface area contributed by atoms with Crippen molar-refractivity contribution in [2.24, 2.45) is 5.73 Å². The maximum Gasteiger partial charge on any atom is 0.263 e. The first-order valence-corrected chi connectivity index (χ1v) is 10.1. The first-order valence-electron chi connectivity index (χ1n) is 10.1. The fourth-order valence-corrected chi connectivity index (χ4v) is 3.60. The number of primary amides is 1. The van der Waals surface area contributed by atoms with Crippen LogP contribution >= 0.6 is 0 Å². The maximum atomic E-state index is 12.7. The standard InChI is InChI=1S/C17H14N2O2.C9H12/c1-11-15(16(18)20)13-9-5-6-10-14(13)17(21)19(11)12-7-3-2-4-8-12;1-2-6-9-7-4-3-5-8-9/h2-10H,1H3,(H2,18,20);3-5,7-8H,2,6H2,1H3. The number of hydrogen-bond acceptors (Lipinski definition) is 2. The molecule has 0 fully saturated rings. The van der Waals surface area contributed by atoms with Crippen molar-refractivity contribution < 1.29 is 4.79 Å². The molecule has 1 heterocycles. The van der Waals surface area contributed by atoms with Crippen LogP contribution in [0.15, 0.2) is 89.7 Å². The van der Waals surface area contributed by atoms with Crippen molar-refractivity contribution in [3.8, 4) is 5.69 Å². The minimum absolute atomic E-state index is 0.153.